The first-order chi connectivity index (χ1) is 12.7. The lowest BCUT2D eigenvalue weighted by Gasteiger charge is -2.44. The zero-order valence-electron chi connectivity index (χ0n) is 18.6. The molecular formula is C20H36N2O5Si. The summed E-state index contributed by atoms with van der Waals surface area (Å²) in [5, 5.41) is 0.0862. The smallest absolute Gasteiger partial charge is 0.410 e. The molecular weight excluding hydrogens is 376 g/mol. The Labute approximate surface area is 169 Å². The van der Waals surface area contributed by atoms with Crippen LogP contribution in [0.15, 0.2) is 0 Å². The molecule has 0 aromatic rings. The Morgan fingerprint density at radius 1 is 1.18 bits per heavy atom. The number of carbonyl (C=O) groups is 2. The van der Waals surface area contributed by atoms with Crippen LogP contribution in [-0.2, 0) is 13.9 Å². The van der Waals surface area contributed by atoms with Crippen LogP contribution in [0, 0.1) is 0 Å². The Morgan fingerprint density at radius 3 is 2.39 bits per heavy atom. The van der Waals surface area contributed by atoms with Crippen LogP contribution in [0.4, 0.5) is 9.59 Å². The zero-order valence-corrected chi connectivity index (χ0v) is 19.6. The predicted molar refractivity (Wildman–Crippen MR) is 109 cm³/mol. The van der Waals surface area contributed by atoms with Crippen LogP contribution in [0.2, 0.25) is 18.1 Å². The molecule has 3 heterocycles. The van der Waals surface area contributed by atoms with E-state index in [2.05, 4.69) is 33.9 Å². The molecule has 160 valence electrons. The molecule has 8 heteroatoms. The molecule has 3 fully saturated rings. The van der Waals surface area contributed by atoms with Gasteiger partial charge in [-0.15, -0.1) is 0 Å². The number of hydrogen-bond donors (Lipinski definition) is 0. The number of hydrogen-bond acceptors (Lipinski definition) is 5. The number of carbonyl (C=O) groups excluding carboxylic acids is 2. The van der Waals surface area contributed by atoms with Crippen molar-refractivity contribution in [3.63, 3.8) is 0 Å². The quantitative estimate of drug-likeness (QED) is 0.656. The molecule has 0 aromatic heterocycles. The summed E-state index contributed by atoms with van der Waals surface area (Å²) in [5.74, 6) is 0. The Balaban J connectivity index is 1.76. The Bertz CT molecular complexity index is 639. The Hall–Kier alpha value is -1.28. The van der Waals surface area contributed by atoms with E-state index in [9.17, 15) is 9.59 Å². The van der Waals surface area contributed by atoms with Gasteiger partial charge in [-0.2, -0.15) is 0 Å². The van der Waals surface area contributed by atoms with E-state index >= 15 is 0 Å². The molecule has 4 atom stereocenters. The fraction of sp³-hybridized carbons (Fsp3) is 0.900. The molecule has 0 saturated carbocycles. The van der Waals surface area contributed by atoms with Gasteiger partial charge in [-0.25, -0.2) is 9.59 Å². The number of ether oxygens (including phenoxy) is 2. The summed E-state index contributed by atoms with van der Waals surface area (Å²) in [5.41, 5.74) is -0.541. The van der Waals surface area contributed by atoms with Crippen LogP contribution in [0.25, 0.3) is 0 Å². The topological polar surface area (TPSA) is 68.3 Å². The summed E-state index contributed by atoms with van der Waals surface area (Å²) >= 11 is 0. The summed E-state index contributed by atoms with van der Waals surface area (Å²) in [6.45, 7) is 17.5. The number of nitrogens with zero attached hydrogens (tertiary/aromatic N) is 2. The normalized spacial score (nSPS) is 30.4. The molecule has 0 radical (unpaired) electrons. The van der Waals surface area contributed by atoms with Gasteiger partial charge >= 0.3 is 12.2 Å². The lowest BCUT2D eigenvalue weighted by atomic mass is 9.99. The highest BCUT2D eigenvalue weighted by atomic mass is 28.4. The van der Waals surface area contributed by atoms with Crippen molar-refractivity contribution in [1.82, 2.24) is 9.80 Å². The number of cyclic esters (lactones) is 1. The van der Waals surface area contributed by atoms with Crippen molar-refractivity contribution in [3.8, 4) is 0 Å². The maximum atomic E-state index is 12.8. The molecule has 0 aromatic carbocycles. The summed E-state index contributed by atoms with van der Waals surface area (Å²) in [7, 11) is -1.96. The number of amides is 2. The first kappa shape index (κ1) is 21.4. The molecule has 3 aliphatic rings. The fourth-order valence-corrected chi connectivity index (χ4v) is 5.15. The third-order valence-corrected chi connectivity index (χ3v) is 11.1. The third-order valence-electron chi connectivity index (χ3n) is 6.59. The van der Waals surface area contributed by atoms with Crippen LogP contribution >= 0.6 is 0 Å². The molecule has 2 amide bonds. The minimum absolute atomic E-state index is 0.00343. The van der Waals surface area contributed by atoms with E-state index in [4.69, 9.17) is 13.9 Å². The van der Waals surface area contributed by atoms with Crippen LogP contribution < -0.4 is 0 Å². The molecule has 0 N–H and O–H groups in total. The molecule has 2 bridgehead atoms. The third kappa shape index (κ3) is 3.90. The maximum Gasteiger partial charge on any atom is 0.410 e. The Morgan fingerprint density at radius 2 is 1.82 bits per heavy atom. The largest absolute Gasteiger partial charge is 0.444 e. The second-order valence-corrected chi connectivity index (χ2v) is 15.6. The molecule has 28 heavy (non-hydrogen) atoms. The van der Waals surface area contributed by atoms with Crippen molar-refractivity contribution < 1.29 is 23.5 Å². The van der Waals surface area contributed by atoms with Gasteiger partial charge in [-0.05, 0) is 51.7 Å². The van der Waals surface area contributed by atoms with E-state index < -0.39 is 13.9 Å². The van der Waals surface area contributed by atoms with Crippen molar-refractivity contribution in [3.05, 3.63) is 0 Å². The lowest BCUT2D eigenvalue weighted by molar-refractivity contribution is -0.0159. The average Bonchev–Trinajstić information content (AvgIpc) is 3.00. The van der Waals surface area contributed by atoms with Gasteiger partial charge in [-0.3, -0.25) is 9.80 Å². The minimum atomic E-state index is -1.96. The van der Waals surface area contributed by atoms with Crippen LogP contribution in [0.1, 0.15) is 54.4 Å². The van der Waals surface area contributed by atoms with Crippen molar-refractivity contribution >= 4 is 20.5 Å². The highest BCUT2D eigenvalue weighted by Gasteiger charge is 2.58. The highest BCUT2D eigenvalue weighted by molar-refractivity contribution is 6.74. The molecule has 0 aliphatic carbocycles. The van der Waals surface area contributed by atoms with Gasteiger partial charge < -0.3 is 13.9 Å². The second kappa shape index (κ2) is 6.90. The Kier molecular flexibility index (Phi) is 5.28. The summed E-state index contributed by atoms with van der Waals surface area (Å²) in [6, 6.07) is -0.236. The standard InChI is InChI=1S/C20H36N2O5Si/c1-19(2,3)27-18(24)22-13-9-10-14(22)16-15(26-17(23)21(16)11-13)12-25-28(7,8)20(4,5)6/h13-16H,9-12H2,1-8H3. The molecule has 0 spiro atoms. The van der Waals surface area contributed by atoms with E-state index in [1.54, 1.807) is 0 Å². The van der Waals surface area contributed by atoms with Crippen molar-refractivity contribution in [1.29, 1.82) is 0 Å². The fourth-order valence-electron chi connectivity index (χ4n) is 4.13. The predicted octanol–water partition coefficient (Wildman–Crippen LogP) is 3.98. The van der Waals surface area contributed by atoms with Gasteiger partial charge in [0, 0.05) is 6.54 Å². The van der Waals surface area contributed by atoms with Gasteiger partial charge in [-0.1, -0.05) is 20.8 Å². The van der Waals surface area contributed by atoms with Crippen LogP contribution in [-0.4, -0.2) is 73.3 Å². The van der Waals surface area contributed by atoms with Crippen LogP contribution in [0.3, 0.4) is 0 Å². The molecule has 4 unspecified atom stereocenters. The molecule has 3 saturated heterocycles. The van der Waals surface area contributed by atoms with Gasteiger partial charge in [0.25, 0.3) is 0 Å². The monoisotopic (exact) mass is 412 g/mol. The number of fused-ring (bicyclic) bond motifs is 4. The van der Waals surface area contributed by atoms with E-state index in [0.717, 1.165) is 12.8 Å². The first-order valence-corrected chi connectivity index (χ1v) is 13.2. The second-order valence-electron chi connectivity index (χ2n) is 10.8. The molecule has 3 rings (SSSR count). The summed E-state index contributed by atoms with van der Waals surface area (Å²) in [4.78, 5) is 29.0. The van der Waals surface area contributed by atoms with Gasteiger partial charge in [0.05, 0.1) is 24.7 Å². The van der Waals surface area contributed by atoms with Gasteiger partial charge in [0.2, 0.25) is 0 Å². The van der Waals surface area contributed by atoms with Gasteiger partial charge in [0.1, 0.15) is 11.7 Å². The summed E-state index contributed by atoms with van der Waals surface area (Å²) in [6.07, 6.45) is 0.825. The summed E-state index contributed by atoms with van der Waals surface area (Å²) < 4.78 is 17.7. The maximum absolute atomic E-state index is 12.8. The van der Waals surface area contributed by atoms with E-state index in [0.29, 0.717) is 13.2 Å². The van der Waals surface area contributed by atoms with Gasteiger partial charge in [0.15, 0.2) is 8.32 Å². The van der Waals surface area contributed by atoms with Crippen molar-refractivity contribution in [2.24, 2.45) is 0 Å². The molecule has 3 aliphatic heterocycles. The average molecular weight is 413 g/mol. The highest BCUT2D eigenvalue weighted by Crippen LogP contribution is 2.42. The minimum Gasteiger partial charge on any atom is -0.444 e. The number of piperazine rings is 1. The van der Waals surface area contributed by atoms with Crippen LogP contribution in [0.5, 0.6) is 0 Å². The van der Waals surface area contributed by atoms with E-state index in [1.165, 1.54) is 0 Å². The molecule has 7 nitrogen and oxygen atoms in total. The number of rotatable bonds is 3. The van der Waals surface area contributed by atoms with Crippen molar-refractivity contribution in [2.75, 3.05) is 13.2 Å². The SMILES string of the molecule is CC(C)(C)OC(=O)N1C2CCC1C1C(CO[Si](C)(C)C(C)(C)C)OC(=O)N1C2. The zero-order chi connectivity index (χ0) is 21.1. The van der Waals surface area contributed by atoms with E-state index in [-0.39, 0.29) is 41.5 Å². The lowest BCUT2D eigenvalue weighted by Crippen LogP contribution is -2.63. The van der Waals surface area contributed by atoms with E-state index in [1.807, 2.05) is 30.6 Å². The first-order valence-electron chi connectivity index (χ1n) is 10.3. The van der Waals surface area contributed by atoms with Crippen molar-refractivity contribution in [2.45, 2.75) is 102 Å².